The number of aliphatic hydroxyl groups excluding tert-OH is 1. The van der Waals surface area contributed by atoms with Crippen molar-refractivity contribution in [1.82, 2.24) is 14.9 Å². The van der Waals surface area contributed by atoms with Crippen LogP contribution in [0, 0.1) is 18.8 Å². The van der Waals surface area contributed by atoms with Crippen LogP contribution in [-0.2, 0) is 6.54 Å². The molecule has 6 heteroatoms. The smallest absolute Gasteiger partial charge is 0.255 e. The average Bonchev–Trinajstić information content (AvgIpc) is 2.89. The number of aryl methyl sites for hydroxylation is 1. The lowest BCUT2D eigenvalue weighted by molar-refractivity contribution is 0.0783. The monoisotopic (exact) mass is 301 g/mol. The molecule has 0 aliphatic rings. The van der Waals surface area contributed by atoms with Gasteiger partial charge in [0.05, 0.1) is 28.4 Å². The van der Waals surface area contributed by atoms with Gasteiger partial charge in [0.1, 0.15) is 6.61 Å². The molecule has 0 spiro atoms. The molecule has 0 unspecified atom stereocenters. The third-order valence-electron chi connectivity index (χ3n) is 2.77. The van der Waals surface area contributed by atoms with Crippen LogP contribution in [0.3, 0.4) is 0 Å². The van der Waals surface area contributed by atoms with Crippen molar-refractivity contribution in [1.29, 1.82) is 0 Å². The van der Waals surface area contributed by atoms with E-state index in [1.54, 1.807) is 35.5 Å². The van der Waals surface area contributed by atoms with Crippen LogP contribution >= 0.6 is 11.3 Å². The zero-order chi connectivity index (χ0) is 15.2. The predicted molar refractivity (Wildman–Crippen MR) is 80.8 cm³/mol. The summed E-state index contributed by atoms with van der Waals surface area (Å²) >= 11 is 1.56. The minimum atomic E-state index is -0.254. The fraction of sp³-hybridized carbons (Fsp3) is 0.267. The highest BCUT2D eigenvalue weighted by molar-refractivity contribution is 7.09. The summed E-state index contributed by atoms with van der Waals surface area (Å²) in [6.07, 6.45) is 3.08. The molecule has 0 aromatic carbocycles. The van der Waals surface area contributed by atoms with E-state index in [4.69, 9.17) is 5.11 Å². The van der Waals surface area contributed by atoms with Gasteiger partial charge in [0.2, 0.25) is 0 Å². The number of carbonyl (C=O) groups is 1. The number of pyridine rings is 1. The van der Waals surface area contributed by atoms with Crippen molar-refractivity contribution in [3.63, 3.8) is 0 Å². The SMILES string of the molecule is Cc1nc(CN(C)C(=O)c2ccncc2C#CCO)cs1. The molecule has 0 aliphatic heterocycles. The number of nitrogens with zero attached hydrogens (tertiary/aromatic N) is 3. The summed E-state index contributed by atoms with van der Waals surface area (Å²) in [4.78, 5) is 22.4. The van der Waals surface area contributed by atoms with E-state index < -0.39 is 0 Å². The van der Waals surface area contributed by atoms with Gasteiger partial charge in [-0.05, 0) is 13.0 Å². The van der Waals surface area contributed by atoms with Gasteiger partial charge in [0.25, 0.3) is 5.91 Å². The maximum Gasteiger partial charge on any atom is 0.255 e. The number of amides is 1. The summed E-state index contributed by atoms with van der Waals surface area (Å²) in [7, 11) is 1.72. The minimum absolute atomic E-state index is 0.148. The lowest BCUT2D eigenvalue weighted by Crippen LogP contribution is -2.27. The summed E-state index contributed by atoms with van der Waals surface area (Å²) in [5, 5.41) is 11.7. The van der Waals surface area contributed by atoms with Crippen molar-refractivity contribution in [3.05, 3.63) is 45.7 Å². The summed E-state index contributed by atoms with van der Waals surface area (Å²) in [6.45, 7) is 2.12. The van der Waals surface area contributed by atoms with E-state index in [-0.39, 0.29) is 12.5 Å². The lowest BCUT2D eigenvalue weighted by atomic mass is 10.1. The zero-order valence-electron chi connectivity index (χ0n) is 11.8. The molecule has 108 valence electrons. The highest BCUT2D eigenvalue weighted by Gasteiger charge is 2.16. The van der Waals surface area contributed by atoms with Crippen LogP contribution in [0.25, 0.3) is 0 Å². The van der Waals surface area contributed by atoms with Gasteiger partial charge in [-0.25, -0.2) is 4.98 Å². The number of aliphatic hydroxyl groups is 1. The van der Waals surface area contributed by atoms with E-state index in [9.17, 15) is 4.79 Å². The minimum Gasteiger partial charge on any atom is -0.384 e. The first-order valence-electron chi connectivity index (χ1n) is 6.32. The Morgan fingerprint density at radius 1 is 1.52 bits per heavy atom. The van der Waals surface area contributed by atoms with Crippen LogP contribution in [0.5, 0.6) is 0 Å². The Kier molecular flexibility index (Phi) is 5.04. The van der Waals surface area contributed by atoms with Crippen LogP contribution in [0.1, 0.15) is 26.6 Å². The van der Waals surface area contributed by atoms with Gasteiger partial charge in [0.15, 0.2) is 0 Å². The molecule has 1 amide bonds. The van der Waals surface area contributed by atoms with E-state index in [0.29, 0.717) is 17.7 Å². The lowest BCUT2D eigenvalue weighted by Gasteiger charge is -2.16. The van der Waals surface area contributed by atoms with Crippen molar-refractivity contribution in [2.75, 3.05) is 13.7 Å². The summed E-state index contributed by atoms with van der Waals surface area (Å²) < 4.78 is 0. The average molecular weight is 301 g/mol. The molecule has 0 saturated heterocycles. The molecule has 2 rings (SSSR count). The standard InChI is InChI=1S/C15H15N3O2S/c1-11-17-13(10-21-11)9-18(2)15(20)14-5-6-16-8-12(14)4-3-7-19/h5-6,8,10,19H,7,9H2,1-2H3. The van der Waals surface area contributed by atoms with Gasteiger partial charge < -0.3 is 10.0 Å². The second kappa shape index (κ2) is 6.97. The topological polar surface area (TPSA) is 66.3 Å². The van der Waals surface area contributed by atoms with Crippen LogP contribution < -0.4 is 0 Å². The molecule has 0 aliphatic carbocycles. The first-order valence-corrected chi connectivity index (χ1v) is 7.20. The van der Waals surface area contributed by atoms with Crippen LogP contribution in [-0.4, -0.2) is 39.5 Å². The molecule has 2 heterocycles. The molecule has 5 nitrogen and oxygen atoms in total. The Morgan fingerprint density at radius 3 is 3.00 bits per heavy atom. The number of hydrogen-bond donors (Lipinski definition) is 1. The van der Waals surface area contributed by atoms with Crippen molar-refractivity contribution >= 4 is 17.2 Å². The normalized spacial score (nSPS) is 9.86. The van der Waals surface area contributed by atoms with Gasteiger partial charge in [0, 0.05) is 24.8 Å². The summed E-state index contributed by atoms with van der Waals surface area (Å²) in [6, 6.07) is 1.63. The zero-order valence-corrected chi connectivity index (χ0v) is 12.6. The molecule has 0 radical (unpaired) electrons. The molecule has 0 saturated carbocycles. The third kappa shape index (κ3) is 3.88. The van der Waals surface area contributed by atoms with Crippen molar-refractivity contribution < 1.29 is 9.90 Å². The molecular formula is C15H15N3O2S. The quantitative estimate of drug-likeness (QED) is 0.872. The third-order valence-corrected chi connectivity index (χ3v) is 3.59. The molecule has 0 atom stereocenters. The highest BCUT2D eigenvalue weighted by atomic mass is 32.1. The number of thiazole rings is 1. The van der Waals surface area contributed by atoms with Gasteiger partial charge in [-0.3, -0.25) is 9.78 Å². The molecule has 0 fully saturated rings. The number of aromatic nitrogens is 2. The van der Waals surface area contributed by atoms with Crippen molar-refractivity contribution in [2.45, 2.75) is 13.5 Å². The van der Waals surface area contributed by atoms with E-state index in [1.807, 2.05) is 12.3 Å². The van der Waals surface area contributed by atoms with Gasteiger partial charge >= 0.3 is 0 Å². The second-order valence-corrected chi connectivity index (χ2v) is 5.46. The number of rotatable bonds is 3. The Balaban J connectivity index is 2.19. The van der Waals surface area contributed by atoms with E-state index >= 15 is 0 Å². The van der Waals surface area contributed by atoms with Crippen molar-refractivity contribution in [2.24, 2.45) is 0 Å². The maximum atomic E-state index is 12.5. The highest BCUT2D eigenvalue weighted by Crippen LogP contribution is 2.13. The van der Waals surface area contributed by atoms with Crippen LogP contribution in [0.4, 0.5) is 0 Å². The van der Waals surface area contributed by atoms with Crippen LogP contribution in [0.2, 0.25) is 0 Å². The second-order valence-electron chi connectivity index (χ2n) is 4.40. The Labute approximate surface area is 127 Å². The van der Waals surface area contributed by atoms with Gasteiger partial charge in [-0.1, -0.05) is 11.8 Å². The Bertz CT molecular complexity index is 700. The summed E-state index contributed by atoms with van der Waals surface area (Å²) in [5.74, 6) is 5.13. The first kappa shape index (κ1) is 15.2. The molecule has 0 bridgehead atoms. The van der Waals surface area contributed by atoms with E-state index in [1.165, 1.54) is 6.20 Å². The predicted octanol–water partition coefficient (Wildman–Crippen LogP) is 1.46. The van der Waals surface area contributed by atoms with Gasteiger partial charge in [-0.15, -0.1) is 11.3 Å². The van der Waals surface area contributed by atoms with Crippen LogP contribution in [0.15, 0.2) is 23.8 Å². The molecule has 2 aromatic heterocycles. The molecular weight excluding hydrogens is 286 g/mol. The Hall–Kier alpha value is -2.23. The summed E-state index contributed by atoms with van der Waals surface area (Å²) in [5.41, 5.74) is 1.85. The number of carbonyl (C=O) groups excluding carboxylic acids is 1. The largest absolute Gasteiger partial charge is 0.384 e. The fourth-order valence-corrected chi connectivity index (χ4v) is 2.42. The first-order chi connectivity index (χ1) is 10.1. The number of hydrogen-bond acceptors (Lipinski definition) is 5. The van der Waals surface area contributed by atoms with E-state index in [2.05, 4.69) is 21.8 Å². The van der Waals surface area contributed by atoms with Crippen molar-refractivity contribution in [3.8, 4) is 11.8 Å². The van der Waals surface area contributed by atoms with Gasteiger partial charge in [-0.2, -0.15) is 0 Å². The fourth-order valence-electron chi connectivity index (χ4n) is 1.82. The molecule has 21 heavy (non-hydrogen) atoms. The molecule has 1 N–H and O–H groups in total. The maximum absolute atomic E-state index is 12.5. The van der Waals surface area contributed by atoms with E-state index in [0.717, 1.165) is 10.7 Å². The molecule has 2 aromatic rings. The Morgan fingerprint density at radius 2 is 2.33 bits per heavy atom.